The van der Waals surface area contributed by atoms with Gasteiger partial charge in [-0.1, -0.05) is 5.16 Å². The van der Waals surface area contributed by atoms with Crippen molar-refractivity contribution in [2.45, 2.75) is 26.8 Å². The number of anilines is 1. The van der Waals surface area contributed by atoms with Gasteiger partial charge in [0.1, 0.15) is 0 Å². The van der Waals surface area contributed by atoms with Crippen molar-refractivity contribution < 1.29 is 4.52 Å². The molecule has 0 saturated heterocycles. The normalized spacial score (nSPS) is 10.6. The zero-order chi connectivity index (χ0) is 13.0. The molecular weight excluding hydrogens is 234 g/mol. The fraction of sp³-hybridized carbons (Fsp3) is 0.455. The Kier molecular flexibility index (Phi) is 3.71. The van der Waals surface area contributed by atoms with Crippen molar-refractivity contribution in [1.82, 2.24) is 19.7 Å². The zero-order valence-corrected chi connectivity index (χ0v) is 10.4. The molecule has 0 spiro atoms. The van der Waals surface area contributed by atoms with Crippen LogP contribution < -0.4 is 10.9 Å². The summed E-state index contributed by atoms with van der Waals surface area (Å²) in [5, 5.41) is 6.67. The summed E-state index contributed by atoms with van der Waals surface area (Å²) in [5.41, 5.74) is -0.123. The molecule has 0 atom stereocenters. The number of aromatic nitrogens is 4. The Balaban J connectivity index is 1.96. The van der Waals surface area contributed by atoms with E-state index in [2.05, 4.69) is 20.4 Å². The molecule has 7 nitrogen and oxygen atoms in total. The van der Waals surface area contributed by atoms with Crippen LogP contribution in [0.4, 0.5) is 5.82 Å². The minimum atomic E-state index is -0.123. The highest BCUT2D eigenvalue weighted by molar-refractivity contribution is 5.30. The number of rotatable bonds is 5. The molecule has 2 aromatic heterocycles. The minimum absolute atomic E-state index is 0.123. The lowest BCUT2D eigenvalue weighted by Crippen LogP contribution is -2.24. The average molecular weight is 249 g/mol. The first-order chi connectivity index (χ1) is 8.70. The molecule has 0 fully saturated rings. The number of nitrogens with zero attached hydrogens (tertiary/aromatic N) is 4. The molecular formula is C11H15N5O2. The quantitative estimate of drug-likeness (QED) is 0.835. The standard InChI is InChI=1S/C11H15N5O2/c1-3-16-7-6-13-10(11(16)17)12-5-4-9-14-8(2)15-18-9/h6-7H,3-5H2,1-2H3,(H,12,13). The van der Waals surface area contributed by atoms with Gasteiger partial charge in [0.25, 0.3) is 5.56 Å². The number of aryl methyl sites for hydroxylation is 2. The third-order valence-corrected chi connectivity index (χ3v) is 2.46. The first-order valence-corrected chi connectivity index (χ1v) is 5.79. The smallest absolute Gasteiger partial charge is 0.293 e. The molecule has 2 heterocycles. The fourth-order valence-corrected chi connectivity index (χ4v) is 1.55. The Hall–Kier alpha value is -2.18. The summed E-state index contributed by atoms with van der Waals surface area (Å²) in [4.78, 5) is 19.9. The van der Waals surface area contributed by atoms with Crippen molar-refractivity contribution >= 4 is 5.82 Å². The van der Waals surface area contributed by atoms with E-state index >= 15 is 0 Å². The van der Waals surface area contributed by atoms with E-state index in [0.29, 0.717) is 37.0 Å². The average Bonchev–Trinajstić information content (AvgIpc) is 2.77. The van der Waals surface area contributed by atoms with Crippen molar-refractivity contribution in [2.24, 2.45) is 0 Å². The molecule has 96 valence electrons. The number of nitrogens with one attached hydrogen (secondary N) is 1. The molecule has 0 aliphatic carbocycles. The second kappa shape index (κ2) is 5.44. The first kappa shape index (κ1) is 12.3. The molecule has 18 heavy (non-hydrogen) atoms. The van der Waals surface area contributed by atoms with Crippen molar-refractivity contribution in [3.63, 3.8) is 0 Å². The highest BCUT2D eigenvalue weighted by atomic mass is 16.5. The van der Waals surface area contributed by atoms with Crippen LogP contribution in [0.5, 0.6) is 0 Å². The highest BCUT2D eigenvalue weighted by Gasteiger charge is 2.05. The van der Waals surface area contributed by atoms with E-state index in [1.54, 1.807) is 23.9 Å². The first-order valence-electron chi connectivity index (χ1n) is 5.79. The van der Waals surface area contributed by atoms with Gasteiger partial charge >= 0.3 is 0 Å². The molecule has 1 N–H and O–H groups in total. The zero-order valence-electron chi connectivity index (χ0n) is 10.4. The molecule has 7 heteroatoms. The molecule has 0 bridgehead atoms. The lowest BCUT2D eigenvalue weighted by molar-refractivity contribution is 0.377. The maximum atomic E-state index is 11.8. The molecule has 0 amide bonds. The summed E-state index contributed by atoms with van der Waals surface area (Å²) in [6.45, 7) is 4.82. The van der Waals surface area contributed by atoms with Crippen LogP contribution in [-0.4, -0.2) is 26.2 Å². The van der Waals surface area contributed by atoms with Gasteiger partial charge in [-0.05, 0) is 13.8 Å². The van der Waals surface area contributed by atoms with E-state index in [-0.39, 0.29) is 5.56 Å². The third kappa shape index (κ3) is 2.73. The fourth-order valence-electron chi connectivity index (χ4n) is 1.55. The van der Waals surface area contributed by atoms with E-state index in [1.165, 1.54) is 0 Å². The van der Waals surface area contributed by atoms with Gasteiger partial charge in [0, 0.05) is 31.9 Å². The van der Waals surface area contributed by atoms with Crippen LogP contribution in [0.15, 0.2) is 21.7 Å². The predicted molar refractivity (Wildman–Crippen MR) is 65.4 cm³/mol. The highest BCUT2D eigenvalue weighted by Crippen LogP contribution is 1.98. The summed E-state index contributed by atoms with van der Waals surface area (Å²) in [7, 11) is 0. The maximum Gasteiger partial charge on any atom is 0.293 e. The lowest BCUT2D eigenvalue weighted by atomic mass is 10.4. The van der Waals surface area contributed by atoms with Crippen molar-refractivity contribution in [1.29, 1.82) is 0 Å². The van der Waals surface area contributed by atoms with Crippen LogP contribution in [0.2, 0.25) is 0 Å². The van der Waals surface area contributed by atoms with Gasteiger partial charge in [-0.2, -0.15) is 4.98 Å². The van der Waals surface area contributed by atoms with Gasteiger partial charge in [0.2, 0.25) is 5.89 Å². The van der Waals surface area contributed by atoms with E-state index in [0.717, 1.165) is 0 Å². The monoisotopic (exact) mass is 249 g/mol. The van der Waals surface area contributed by atoms with Crippen molar-refractivity contribution in [3.8, 4) is 0 Å². The van der Waals surface area contributed by atoms with Gasteiger partial charge in [0.15, 0.2) is 11.6 Å². The maximum absolute atomic E-state index is 11.8. The summed E-state index contributed by atoms with van der Waals surface area (Å²) in [5.74, 6) is 1.50. The molecule has 0 radical (unpaired) electrons. The van der Waals surface area contributed by atoms with E-state index in [1.807, 2.05) is 6.92 Å². The van der Waals surface area contributed by atoms with E-state index < -0.39 is 0 Å². The van der Waals surface area contributed by atoms with Crippen LogP contribution in [0.25, 0.3) is 0 Å². The van der Waals surface area contributed by atoms with Crippen LogP contribution >= 0.6 is 0 Å². The van der Waals surface area contributed by atoms with Gasteiger partial charge in [-0.3, -0.25) is 4.79 Å². The van der Waals surface area contributed by atoms with E-state index in [9.17, 15) is 4.79 Å². The van der Waals surface area contributed by atoms with Gasteiger partial charge in [-0.15, -0.1) is 0 Å². The van der Waals surface area contributed by atoms with Crippen molar-refractivity contribution in [2.75, 3.05) is 11.9 Å². The Morgan fingerprint density at radius 3 is 3.00 bits per heavy atom. The molecule has 0 aliphatic rings. The summed E-state index contributed by atoms with van der Waals surface area (Å²) in [6.07, 6.45) is 3.82. The van der Waals surface area contributed by atoms with Gasteiger partial charge in [0.05, 0.1) is 0 Å². The summed E-state index contributed by atoms with van der Waals surface area (Å²) >= 11 is 0. The van der Waals surface area contributed by atoms with Crippen LogP contribution in [0, 0.1) is 6.92 Å². The second-order valence-electron chi connectivity index (χ2n) is 3.78. The molecule has 0 aliphatic heterocycles. The van der Waals surface area contributed by atoms with E-state index in [4.69, 9.17) is 4.52 Å². The largest absolute Gasteiger partial charge is 0.365 e. The summed E-state index contributed by atoms with van der Waals surface area (Å²) < 4.78 is 6.56. The summed E-state index contributed by atoms with van der Waals surface area (Å²) in [6, 6.07) is 0. The Bertz CT molecular complexity index is 575. The molecule has 2 rings (SSSR count). The van der Waals surface area contributed by atoms with Gasteiger partial charge < -0.3 is 14.4 Å². The molecule has 0 aromatic carbocycles. The SMILES string of the molecule is CCn1ccnc(NCCc2nc(C)no2)c1=O. The molecule has 2 aromatic rings. The Labute approximate surface area is 104 Å². The van der Waals surface area contributed by atoms with Crippen LogP contribution in [-0.2, 0) is 13.0 Å². The second-order valence-corrected chi connectivity index (χ2v) is 3.78. The lowest BCUT2D eigenvalue weighted by Gasteiger charge is -2.05. The molecule has 0 unspecified atom stereocenters. The predicted octanol–water partition coefficient (Wildman–Crippen LogP) is 0.609. The molecule has 0 saturated carbocycles. The number of hydrogen-bond donors (Lipinski definition) is 1. The Morgan fingerprint density at radius 1 is 1.50 bits per heavy atom. The third-order valence-electron chi connectivity index (χ3n) is 2.46. The topological polar surface area (TPSA) is 85.8 Å². The number of hydrogen-bond acceptors (Lipinski definition) is 6. The Morgan fingerprint density at radius 2 is 2.33 bits per heavy atom. The van der Waals surface area contributed by atoms with Crippen molar-refractivity contribution in [3.05, 3.63) is 34.5 Å². The minimum Gasteiger partial charge on any atom is -0.365 e. The van der Waals surface area contributed by atoms with Crippen LogP contribution in [0.3, 0.4) is 0 Å². The van der Waals surface area contributed by atoms with Crippen LogP contribution in [0.1, 0.15) is 18.6 Å². The van der Waals surface area contributed by atoms with Gasteiger partial charge in [-0.25, -0.2) is 4.98 Å².